The molecule has 0 N–H and O–H groups in total. The van der Waals surface area contributed by atoms with Crippen LogP contribution in [0.3, 0.4) is 0 Å². The molecule has 0 atom stereocenters. The number of hydrogen-bond donors (Lipinski definition) is 0. The van der Waals surface area contributed by atoms with E-state index in [1.807, 2.05) is 19.0 Å². The largest absolute Gasteiger partial charge is 0.458 e. The third-order valence-corrected chi connectivity index (χ3v) is 1.49. The van der Waals surface area contributed by atoms with Crippen LogP contribution in [0.15, 0.2) is 22.8 Å². The Hall–Kier alpha value is -1.29. The fraction of sp³-hybridized carbons (Fsp3) is 0.444. The number of nitrogens with zero attached hydrogens (tertiary/aromatic N) is 1. The zero-order valence-electron chi connectivity index (χ0n) is 7.82. The molecule has 0 aliphatic carbocycles. The SMILES string of the molecule is CN(C)CCOC(=O)c1ccco1. The van der Waals surface area contributed by atoms with Crippen molar-refractivity contribution in [1.29, 1.82) is 0 Å². The van der Waals surface area contributed by atoms with Crippen molar-refractivity contribution >= 4 is 5.97 Å². The van der Waals surface area contributed by atoms with E-state index in [9.17, 15) is 4.79 Å². The molecule has 0 unspecified atom stereocenters. The Labute approximate surface area is 77.1 Å². The van der Waals surface area contributed by atoms with Crippen molar-refractivity contribution in [2.45, 2.75) is 0 Å². The lowest BCUT2D eigenvalue weighted by Crippen LogP contribution is -2.19. The molecule has 1 heterocycles. The second kappa shape index (κ2) is 4.67. The first-order valence-corrected chi connectivity index (χ1v) is 4.05. The predicted molar refractivity (Wildman–Crippen MR) is 47.5 cm³/mol. The minimum atomic E-state index is -0.410. The molecule has 0 aromatic carbocycles. The fourth-order valence-corrected chi connectivity index (χ4v) is 0.787. The number of rotatable bonds is 4. The van der Waals surface area contributed by atoms with Gasteiger partial charge in [0.1, 0.15) is 6.61 Å². The summed E-state index contributed by atoms with van der Waals surface area (Å²) in [6.07, 6.45) is 1.45. The Morgan fingerprint density at radius 1 is 1.62 bits per heavy atom. The van der Waals surface area contributed by atoms with Crippen molar-refractivity contribution in [3.8, 4) is 0 Å². The Bertz CT molecular complexity index is 254. The summed E-state index contributed by atoms with van der Waals surface area (Å²) >= 11 is 0. The molecule has 72 valence electrons. The van der Waals surface area contributed by atoms with Gasteiger partial charge < -0.3 is 14.1 Å². The molecule has 4 heteroatoms. The summed E-state index contributed by atoms with van der Waals surface area (Å²) in [6.45, 7) is 1.10. The summed E-state index contributed by atoms with van der Waals surface area (Å²) in [4.78, 5) is 13.1. The minimum Gasteiger partial charge on any atom is -0.458 e. The maximum Gasteiger partial charge on any atom is 0.374 e. The summed E-state index contributed by atoms with van der Waals surface area (Å²) in [5.41, 5.74) is 0. The molecule has 1 aromatic rings. The van der Waals surface area contributed by atoms with Gasteiger partial charge in [0.15, 0.2) is 0 Å². The van der Waals surface area contributed by atoms with Crippen LogP contribution < -0.4 is 0 Å². The normalized spacial score (nSPS) is 10.4. The topological polar surface area (TPSA) is 42.7 Å². The summed E-state index contributed by atoms with van der Waals surface area (Å²) in [5.74, 6) is -0.161. The van der Waals surface area contributed by atoms with E-state index in [4.69, 9.17) is 9.15 Å². The van der Waals surface area contributed by atoms with Gasteiger partial charge in [0, 0.05) is 6.54 Å². The van der Waals surface area contributed by atoms with Crippen LogP contribution in [0.1, 0.15) is 10.6 Å². The maximum absolute atomic E-state index is 11.2. The maximum atomic E-state index is 11.2. The first kappa shape index (κ1) is 9.80. The highest BCUT2D eigenvalue weighted by Crippen LogP contribution is 2.01. The lowest BCUT2D eigenvalue weighted by molar-refractivity contribution is 0.0446. The van der Waals surface area contributed by atoms with Crippen LogP contribution in [0.4, 0.5) is 0 Å². The van der Waals surface area contributed by atoms with E-state index in [1.165, 1.54) is 6.26 Å². The monoisotopic (exact) mass is 183 g/mol. The third kappa shape index (κ3) is 3.29. The average molecular weight is 183 g/mol. The minimum absolute atomic E-state index is 0.249. The molecule has 0 saturated heterocycles. The number of hydrogen-bond acceptors (Lipinski definition) is 4. The van der Waals surface area contributed by atoms with Gasteiger partial charge in [-0.15, -0.1) is 0 Å². The molecule has 0 aliphatic rings. The van der Waals surface area contributed by atoms with Gasteiger partial charge in [0.25, 0.3) is 0 Å². The van der Waals surface area contributed by atoms with Gasteiger partial charge in [-0.25, -0.2) is 4.79 Å². The third-order valence-electron chi connectivity index (χ3n) is 1.49. The van der Waals surface area contributed by atoms with Crippen LogP contribution in [-0.4, -0.2) is 38.1 Å². The molecule has 0 bridgehead atoms. The molecule has 0 spiro atoms. The second-order valence-corrected chi connectivity index (χ2v) is 2.92. The molecule has 0 amide bonds. The number of carbonyl (C=O) groups excluding carboxylic acids is 1. The molecule has 1 aromatic heterocycles. The van der Waals surface area contributed by atoms with Crippen molar-refractivity contribution in [3.05, 3.63) is 24.2 Å². The van der Waals surface area contributed by atoms with E-state index in [0.29, 0.717) is 13.2 Å². The lowest BCUT2D eigenvalue weighted by Gasteiger charge is -2.08. The Morgan fingerprint density at radius 2 is 2.38 bits per heavy atom. The summed E-state index contributed by atoms with van der Waals surface area (Å²) in [5, 5.41) is 0. The van der Waals surface area contributed by atoms with Gasteiger partial charge in [0.2, 0.25) is 5.76 Å². The van der Waals surface area contributed by atoms with Gasteiger partial charge in [-0.05, 0) is 26.2 Å². The van der Waals surface area contributed by atoms with Crippen LogP contribution in [0.2, 0.25) is 0 Å². The zero-order chi connectivity index (χ0) is 9.68. The number of likely N-dealkylation sites (N-methyl/N-ethyl adjacent to an activating group) is 1. The first-order valence-electron chi connectivity index (χ1n) is 4.05. The average Bonchev–Trinajstić information content (AvgIpc) is 2.55. The van der Waals surface area contributed by atoms with Gasteiger partial charge in [0.05, 0.1) is 6.26 Å². The fourth-order valence-electron chi connectivity index (χ4n) is 0.787. The van der Waals surface area contributed by atoms with Gasteiger partial charge >= 0.3 is 5.97 Å². The first-order chi connectivity index (χ1) is 6.20. The molecular weight excluding hydrogens is 170 g/mol. The van der Waals surface area contributed by atoms with Crippen LogP contribution >= 0.6 is 0 Å². The standard InChI is InChI=1S/C9H13NO3/c1-10(2)5-7-13-9(11)8-4-3-6-12-8/h3-4,6H,5,7H2,1-2H3. The Morgan fingerprint density at radius 3 is 2.92 bits per heavy atom. The molecule has 0 fully saturated rings. The van der Waals surface area contributed by atoms with Crippen LogP contribution in [-0.2, 0) is 4.74 Å². The van der Waals surface area contributed by atoms with E-state index >= 15 is 0 Å². The smallest absolute Gasteiger partial charge is 0.374 e. The number of ether oxygens (including phenoxy) is 1. The molecule has 13 heavy (non-hydrogen) atoms. The second-order valence-electron chi connectivity index (χ2n) is 2.92. The van der Waals surface area contributed by atoms with Crippen LogP contribution in [0.5, 0.6) is 0 Å². The zero-order valence-corrected chi connectivity index (χ0v) is 7.82. The van der Waals surface area contributed by atoms with Gasteiger partial charge in [-0.3, -0.25) is 0 Å². The number of esters is 1. The Balaban J connectivity index is 2.27. The van der Waals surface area contributed by atoms with Crippen molar-refractivity contribution in [3.63, 3.8) is 0 Å². The van der Waals surface area contributed by atoms with E-state index in [1.54, 1.807) is 12.1 Å². The molecule has 0 aliphatic heterocycles. The Kier molecular flexibility index (Phi) is 3.52. The van der Waals surface area contributed by atoms with Crippen molar-refractivity contribution in [1.82, 2.24) is 4.90 Å². The molecular formula is C9H13NO3. The van der Waals surface area contributed by atoms with Crippen LogP contribution in [0, 0.1) is 0 Å². The molecule has 4 nitrogen and oxygen atoms in total. The molecule has 0 saturated carbocycles. The van der Waals surface area contributed by atoms with E-state index in [-0.39, 0.29) is 5.76 Å². The van der Waals surface area contributed by atoms with Crippen molar-refractivity contribution < 1.29 is 13.9 Å². The molecule has 1 rings (SSSR count). The number of furan rings is 1. The van der Waals surface area contributed by atoms with Gasteiger partial charge in [-0.1, -0.05) is 0 Å². The predicted octanol–water partition coefficient (Wildman–Crippen LogP) is 0.998. The molecule has 0 radical (unpaired) electrons. The van der Waals surface area contributed by atoms with Gasteiger partial charge in [-0.2, -0.15) is 0 Å². The van der Waals surface area contributed by atoms with Crippen LogP contribution in [0.25, 0.3) is 0 Å². The summed E-state index contributed by atoms with van der Waals surface area (Å²) in [6, 6.07) is 3.24. The summed E-state index contributed by atoms with van der Waals surface area (Å²) < 4.78 is 9.79. The van der Waals surface area contributed by atoms with E-state index in [0.717, 1.165) is 0 Å². The number of carbonyl (C=O) groups is 1. The summed E-state index contributed by atoms with van der Waals surface area (Å²) in [7, 11) is 3.83. The highest BCUT2D eigenvalue weighted by Gasteiger charge is 2.08. The highest BCUT2D eigenvalue weighted by molar-refractivity contribution is 5.86. The van der Waals surface area contributed by atoms with E-state index in [2.05, 4.69) is 0 Å². The lowest BCUT2D eigenvalue weighted by atomic mass is 10.4. The quantitative estimate of drug-likeness (QED) is 0.653. The van der Waals surface area contributed by atoms with E-state index < -0.39 is 5.97 Å². The highest BCUT2D eigenvalue weighted by atomic mass is 16.5. The van der Waals surface area contributed by atoms with Crippen molar-refractivity contribution in [2.75, 3.05) is 27.2 Å². The van der Waals surface area contributed by atoms with Crippen molar-refractivity contribution in [2.24, 2.45) is 0 Å².